The van der Waals surface area contributed by atoms with Gasteiger partial charge in [0.15, 0.2) is 48.4 Å². The molecule has 5 saturated heterocycles. The van der Waals surface area contributed by atoms with E-state index >= 15 is 4.79 Å². The normalized spacial score (nSPS) is 42.0. The number of carbonyl (C=O) groups excluding carboxylic acids is 4. The van der Waals surface area contributed by atoms with Crippen LogP contribution in [0.3, 0.4) is 0 Å². The summed E-state index contributed by atoms with van der Waals surface area (Å²) in [5.41, 5.74) is -5.23. The number of hydrogen-bond acceptors (Lipinski definition) is 25. The van der Waals surface area contributed by atoms with Crippen LogP contribution in [-0.4, -0.2) is 213 Å². The molecule has 25 heteroatoms. The third-order valence-electron chi connectivity index (χ3n) is 17.0. The van der Waals surface area contributed by atoms with Crippen molar-refractivity contribution in [3.05, 3.63) is 40.2 Å². The summed E-state index contributed by atoms with van der Waals surface area (Å²) in [4.78, 5) is 54.9. The van der Waals surface area contributed by atoms with Gasteiger partial charge in [-0.3, -0.25) is 19.2 Å². The molecule has 0 bridgehead atoms. The number of ether oxygens (including phenoxy) is 13. The molecule has 23 atom stereocenters. The Balaban J connectivity index is 0.987. The number of Topliss-reactive ketones (excluding diaryl/α,β-unsaturated/α-hetero) is 3. The Labute approximate surface area is 467 Å². The number of aromatic hydroxyl groups is 2. The first-order valence-corrected chi connectivity index (χ1v) is 27.4. The SMILES string of the molecule is COC1C(=O)C(C(C)=O)=C(O)C2(OC3CC(OC4CC(OC5CC(C)(O)C(OC(C)=O)C(C)O5)C(O)C(C)O4)C(O)C(C)O3)C(=O)c3c(cc4cc(OC5CC(OC6CC(O)C(OC)C(C)O6)C(O)C(C)O5)c(C)c(O)c4c3O)CC12. The molecule has 5 aliphatic heterocycles. The van der Waals surface area contributed by atoms with E-state index in [0.717, 1.165) is 6.92 Å². The fraction of sp³-hybridized carbons (Fsp3) is 0.714. The summed E-state index contributed by atoms with van der Waals surface area (Å²) in [6, 6.07) is 3.00. The number of aliphatic hydroxyl groups is 6. The fourth-order valence-electron chi connectivity index (χ4n) is 12.8. The van der Waals surface area contributed by atoms with Gasteiger partial charge >= 0.3 is 5.97 Å². The van der Waals surface area contributed by atoms with E-state index in [1.165, 1.54) is 54.0 Å². The van der Waals surface area contributed by atoms with Crippen LogP contribution in [0.1, 0.15) is 109 Å². The number of methoxy groups -OCH3 is 2. The molecule has 25 nitrogen and oxygen atoms in total. The Morgan fingerprint density at radius 1 is 0.679 bits per heavy atom. The van der Waals surface area contributed by atoms with E-state index in [1.54, 1.807) is 27.7 Å². The lowest BCUT2D eigenvalue weighted by Gasteiger charge is -2.50. The van der Waals surface area contributed by atoms with Crippen molar-refractivity contribution < 1.29 is 122 Å². The van der Waals surface area contributed by atoms with Crippen LogP contribution in [0.4, 0.5) is 0 Å². The molecule has 7 aliphatic rings. The molecule has 23 unspecified atom stereocenters. The van der Waals surface area contributed by atoms with Gasteiger partial charge in [-0.1, -0.05) is 0 Å². The van der Waals surface area contributed by atoms with Crippen LogP contribution < -0.4 is 4.74 Å². The predicted molar refractivity (Wildman–Crippen MR) is 275 cm³/mol. The van der Waals surface area contributed by atoms with Gasteiger partial charge in [-0.2, -0.15) is 0 Å². The first kappa shape index (κ1) is 61.1. The lowest BCUT2D eigenvalue weighted by molar-refractivity contribution is -0.337. The largest absolute Gasteiger partial charge is 0.508 e. The zero-order chi connectivity index (χ0) is 59.1. The summed E-state index contributed by atoms with van der Waals surface area (Å²) in [7, 11) is 2.65. The van der Waals surface area contributed by atoms with Crippen LogP contribution in [-0.2, 0) is 77.6 Å². The molecule has 5 heterocycles. The number of fused-ring (bicyclic) bond motifs is 3. The monoisotopic (exact) mass is 1150 g/mol. The second-order valence-corrected chi connectivity index (χ2v) is 22.8. The summed E-state index contributed by atoms with van der Waals surface area (Å²) in [5, 5.41) is 92.3. The smallest absolute Gasteiger partial charge is 0.303 e. The van der Waals surface area contributed by atoms with Gasteiger partial charge in [0.05, 0.1) is 65.9 Å². The molecule has 0 amide bonds. The Bertz CT molecular complexity index is 2730. The third-order valence-corrected chi connectivity index (χ3v) is 17.0. The minimum atomic E-state index is -2.69. The maximum absolute atomic E-state index is 15.6. The number of benzene rings is 2. The topological polar surface area (TPSA) is 350 Å². The van der Waals surface area contributed by atoms with Gasteiger partial charge in [0, 0.05) is 64.7 Å². The number of phenols is 2. The predicted octanol–water partition coefficient (Wildman–Crippen LogP) is 2.02. The van der Waals surface area contributed by atoms with Crippen LogP contribution in [0.2, 0.25) is 0 Å². The van der Waals surface area contributed by atoms with Crippen LogP contribution in [0.25, 0.3) is 10.8 Å². The molecule has 0 radical (unpaired) electrons. The number of rotatable bonds is 14. The molecule has 2 aromatic carbocycles. The Morgan fingerprint density at radius 2 is 1.21 bits per heavy atom. The fourth-order valence-corrected chi connectivity index (χ4v) is 12.8. The standard InChI is InChI=1S/C56H76O25/c1-20-32(77-37-16-33(45(61)22(3)71-37)78-36-15-31(59)50(69-10)25(6)74-36)14-29-12-28-13-30-51(70-11)49(65)41(21(2)57)52(66)56(30,53(67)43(28)48(64)42(29)44(20)60)81-39-18-35(47(63)24(5)73-39)79-38-17-34(46(62)23(4)72-38)80-40-19-55(9,68)54(26(7)75-40)76-27(8)58/h12,14,22-26,30-31,33-40,45-47,50-51,54,59-64,66,68H,13,15-19H2,1-11H3. The molecule has 8 N–H and O–H groups in total. The van der Waals surface area contributed by atoms with Crippen molar-refractivity contribution >= 4 is 34.1 Å². The summed E-state index contributed by atoms with van der Waals surface area (Å²) in [6.45, 7) is 13.2. The average Bonchev–Trinajstić information content (AvgIpc) is 3.21. The molecule has 5 fully saturated rings. The maximum Gasteiger partial charge on any atom is 0.303 e. The molecule has 9 rings (SSSR count). The summed E-state index contributed by atoms with van der Waals surface area (Å²) in [6.07, 6.45) is -21.6. The Hall–Kier alpha value is -4.52. The van der Waals surface area contributed by atoms with Gasteiger partial charge < -0.3 is 102 Å². The van der Waals surface area contributed by atoms with E-state index in [2.05, 4.69) is 0 Å². The number of phenolic OH excluding ortho intramolecular Hbond substituents is 2. The van der Waals surface area contributed by atoms with Crippen molar-refractivity contribution in [3.63, 3.8) is 0 Å². The molecule has 0 spiro atoms. The van der Waals surface area contributed by atoms with Crippen molar-refractivity contribution in [3.8, 4) is 17.2 Å². The number of aliphatic hydroxyl groups excluding tert-OH is 5. The lowest BCUT2D eigenvalue weighted by atomic mass is 9.62. The van der Waals surface area contributed by atoms with E-state index in [9.17, 15) is 55.2 Å². The van der Waals surface area contributed by atoms with E-state index in [1.807, 2.05) is 0 Å². The van der Waals surface area contributed by atoms with Crippen molar-refractivity contribution in [1.29, 1.82) is 0 Å². The molecule has 2 aromatic rings. The van der Waals surface area contributed by atoms with Crippen molar-refractivity contribution in [2.24, 2.45) is 5.92 Å². The van der Waals surface area contributed by atoms with Crippen LogP contribution in [0, 0.1) is 12.8 Å². The minimum Gasteiger partial charge on any atom is -0.508 e. The highest BCUT2D eigenvalue weighted by Crippen LogP contribution is 2.54. The number of ketones is 3. The molecular weight excluding hydrogens is 1070 g/mol. The second-order valence-electron chi connectivity index (χ2n) is 22.8. The van der Waals surface area contributed by atoms with Gasteiger partial charge in [-0.15, -0.1) is 0 Å². The minimum absolute atomic E-state index is 0.0203. The number of hydrogen-bond donors (Lipinski definition) is 8. The van der Waals surface area contributed by atoms with Gasteiger partial charge in [0.25, 0.3) is 0 Å². The first-order valence-electron chi connectivity index (χ1n) is 27.4. The Morgan fingerprint density at radius 3 is 1.77 bits per heavy atom. The summed E-state index contributed by atoms with van der Waals surface area (Å²) in [5.74, 6) is -7.26. The van der Waals surface area contributed by atoms with Gasteiger partial charge in [0.1, 0.15) is 64.7 Å². The molecule has 0 saturated carbocycles. The van der Waals surface area contributed by atoms with Gasteiger partial charge in [0.2, 0.25) is 12.1 Å². The highest BCUT2D eigenvalue weighted by Gasteiger charge is 2.65. The molecule has 81 heavy (non-hydrogen) atoms. The zero-order valence-electron chi connectivity index (χ0n) is 47.0. The Kier molecular flexibility index (Phi) is 17.7. The van der Waals surface area contributed by atoms with Gasteiger partial charge in [-0.25, -0.2) is 0 Å². The highest BCUT2D eigenvalue weighted by molar-refractivity contribution is 6.25. The highest BCUT2D eigenvalue weighted by atomic mass is 16.7. The lowest BCUT2D eigenvalue weighted by Crippen LogP contribution is -2.65. The van der Waals surface area contributed by atoms with Crippen LogP contribution in [0.5, 0.6) is 17.2 Å². The van der Waals surface area contributed by atoms with Gasteiger partial charge in [-0.05, 0) is 84.9 Å². The molecular formula is C56H76O25. The summed E-state index contributed by atoms with van der Waals surface area (Å²) >= 11 is 0. The quantitative estimate of drug-likeness (QED) is 0.0991. The number of carbonyl (C=O) groups is 4. The second kappa shape index (κ2) is 23.5. The van der Waals surface area contributed by atoms with E-state index < -0.39 is 192 Å². The van der Waals surface area contributed by atoms with Crippen molar-refractivity contribution in [2.45, 2.75) is 235 Å². The van der Waals surface area contributed by atoms with Crippen LogP contribution in [0.15, 0.2) is 23.5 Å². The first-order chi connectivity index (χ1) is 38.1. The summed E-state index contributed by atoms with van der Waals surface area (Å²) < 4.78 is 78.3. The van der Waals surface area contributed by atoms with Crippen LogP contribution >= 0.6 is 0 Å². The van der Waals surface area contributed by atoms with E-state index in [-0.39, 0.29) is 66.2 Å². The zero-order valence-corrected chi connectivity index (χ0v) is 47.0. The number of esters is 1. The van der Waals surface area contributed by atoms with Crippen molar-refractivity contribution in [1.82, 2.24) is 0 Å². The molecule has 2 aliphatic carbocycles. The molecule has 0 aromatic heterocycles. The molecule has 450 valence electrons. The third kappa shape index (κ3) is 11.4. The van der Waals surface area contributed by atoms with E-state index in [0.29, 0.717) is 0 Å². The van der Waals surface area contributed by atoms with E-state index in [4.69, 9.17) is 61.6 Å². The average molecular weight is 1150 g/mol. The maximum atomic E-state index is 15.6. The van der Waals surface area contributed by atoms with Crippen molar-refractivity contribution in [2.75, 3.05) is 14.2 Å².